The molecule has 2 aromatic carbocycles. The number of hydrogen-bond acceptors (Lipinski definition) is 4. The van der Waals surface area contributed by atoms with Crippen molar-refractivity contribution in [2.45, 2.75) is 0 Å². The minimum absolute atomic E-state index is 0.529. The largest absolute Gasteiger partial charge is 0.867 e. The van der Waals surface area contributed by atoms with Gasteiger partial charge in [-0.05, 0) is 35.4 Å². The third-order valence-electron chi connectivity index (χ3n) is 2.49. The van der Waals surface area contributed by atoms with Gasteiger partial charge in [0.25, 0.3) is 0 Å². The van der Waals surface area contributed by atoms with Crippen LogP contribution in [0.15, 0.2) is 48.5 Å². The van der Waals surface area contributed by atoms with Gasteiger partial charge in [0.2, 0.25) is 10.8 Å². The van der Waals surface area contributed by atoms with Crippen LogP contribution < -0.4 is 10.0 Å². The molecule has 0 unspecified atom stereocenters. The van der Waals surface area contributed by atoms with E-state index in [1.165, 1.54) is 0 Å². The summed E-state index contributed by atoms with van der Waals surface area (Å²) in [7, 11) is -3.17. The Balaban J connectivity index is 0.000000541. The van der Waals surface area contributed by atoms with Gasteiger partial charge in [0, 0.05) is 24.3 Å². The van der Waals surface area contributed by atoms with Crippen molar-refractivity contribution in [3.8, 4) is 0 Å². The van der Waals surface area contributed by atoms with Gasteiger partial charge in [0.1, 0.15) is 7.40 Å². The van der Waals surface area contributed by atoms with E-state index in [1.54, 1.807) is 24.3 Å². The van der Waals surface area contributed by atoms with Crippen LogP contribution in [0.5, 0.6) is 0 Å². The molecule has 6 nitrogen and oxygen atoms in total. The summed E-state index contributed by atoms with van der Waals surface area (Å²) in [6.45, 7) is 0. The third-order valence-corrected chi connectivity index (χ3v) is 2.49. The second kappa shape index (κ2) is 8.98. The molecule has 0 heterocycles. The minimum atomic E-state index is -3.17. The number of hydrogen-bond donors (Lipinski definition) is 0. The highest BCUT2D eigenvalue weighted by molar-refractivity contribution is 6.27. The van der Waals surface area contributed by atoms with E-state index in [2.05, 4.69) is 9.95 Å². The fraction of sp³-hybridized carbons (Fsp3) is 0. The first-order valence-electron chi connectivity index (χ1n) is 6.09. The maximum absolute atomic E-state index is 9.89. The highest BCUT2D eigenvalue weighted by atomic mass is 19.1. The molecule has 0 aromatic heterocycles. The standard InChI is InChI=1S/C14H10N4.BFO2/c15-17-13-7-3-11(4-8-13)1-2-12-5-9-14(18-16)10-6-12;2-1(3)4/h1-10H;/q+2;-2/b2-1+;. The Bertz CT molecular complexity index is 641. The van der Waals surface area contributed by atoms with E-state index in [9.17, 15) is 4.32 Å². The second-order valence-corrected chi connectivity index (χ2v) is 3.99. The number of halogens is 1. The third kappa shape index (κ3) is 6.39. The molecular formula is C14H10BFN4O2. The molecule has 0 N–H and O–H groups in total. The second-order valence-electron chi connectivity index (χ2n) is 3.99. The number of diazo groups is 2. The topological polar surface area (TPSA) is 102 Å². The highest BCUT2D eigenvalue weighted by Crippen LogP contribution is 2.16. The number of rotatable bonds is 2. The van der Waals surface area contributed by atoms with Crippen LogP contribution >= 0.6 is 0 Å². The molecule has 8 heteroatoms. The Kier molecular flexibility index (Phi) is 6.93. The van der Waals surface area contributed by atoms with Crippen molar-refractivity contribution in [2.75, 3.05) is 0 Å². The van der Waals surface area contributed by atoms with Gasteiger partial charge in [0.15, 0.2) is 9.95 Å². The summed E-state index contributed by atoms with van der Waals surface area (Å²) in [5.41, 5.74) is 3.08. The van der Waals surface area contributed by atoms with Gasteiger partial charge >= 0.3 is 11.4 Å². The van der Waals surface area contributed by atoms with Gasteiger partial charge in [-0.2, -0.15) is 0 Å². The molecule has 2 aromatic rings. The van der Waals surface area contributed by atoms with Crippen molar-refractivity contribution in [1.29, 1.82) is 10.8 Å². The zero-order valence-corrected chi connectivity index (χ0v) is 11.3. The molecule has 2 rings (SSSR count). The summed E-state index contributed by atoms with van der Waals surface area (Å²) in [5, 5.41) is 33.7. The van der Waals surface area contributed by atoms with Gasteiger partial charge in [-0.25, -0.2) is 0 Å². The summed E-state index contributed by atoms with van der Waals surface area (Å²) >= 11 is 0. The minimum Gasteiger partial charge on any atom is -0.867 e. The average molecular weight is 296 g/mol. The fourth-order valence-corrected chi connectivity index (χ4v) is 1.50. The van der Waals surface area contributed by atoms with Gasteiger partial charge in [-0.1, -0.05) is 12.2 Å². The zero-order valence-electron chi connectivity index (χ0n) is 11.3. The van der Waals surface area contributed by atoms with Crippen molar-refractivity contribution in [3.63, 3.8) is 0 Å². The van der Waals surface area contributed by atoms with Crippen molar-refractivity contribution in [1.82, 2.24) is 0 Å². The Morgan fingerprint density at radius 3 is 1.27 bits per heavy atom. The van der Waals surface area contributed by atoms with Gasteiger partial charge in [-0.3, -0.25) is 0 Å². The summed E-state index contributed by atoms with van der Waals surface area (Å²) in [6.07, 6.45) is 3.90. The summed E-state index contributed by atoms with van der Waals surface area (Å²) in [4.78, 5) is 6.18. The van der Waals surface area contributed by atoms with Crippen LogP contribution in [0.25, 0.3) is 22.1 Å². The molecular weight excluding hydrogens is 286 g/mol. The Labute approximate surface area is 126 Å². The number of benzene rings is 2. The first-order chi connectivity index (χ1) is 10.5. The number of nitrogens with zero attached hydrogens (tertiary/aromatic N) is 4. The molecule has 0 atom stereocenters. The first kappa shape index (κ1) is 17.0. The lowest BCUT2D eigenvalue weighted by Crippen LogP contribution is -2.39. The maximum atomic E-state index is 9.89. The maximum Gasteiger partial charge on any atom is 0.385 e. The molecule has 0 aliphatic carbocycles. The zero-order chi connectivity index (χ0) is 16.4. The molecule has 0 radical (unpaired) electrons. The molecule has 0 aliphatic rings. The Morgan fingerprint density at radius 2 is 1.05 bits per heavy atom. The van der Waals surface area contributed by atoms with Crippen LogP contribution in [0.1, 0.15) is 11.1 Å². The summed E-state index contributed by atoms with van der Waals surface area (Å²) in [6, 6.07) is 14.4. The van der Waals surface area contributed by atoms with Crippen molar-refractivity contribution in [3.05, 3.63) is 69.6 Å². The van der Waals surface area contributed by atoms with Gasteiger partial charge < -0.3 is 14.4 Å². The smallest absolute Gasteiger partial charge is 0.385 e. The van der Waals surface area contributed by atoms with Crippen molar-refractivity contribution >= 4 is 30.9 Å². The van der Waals surface area contributed by atoms with Gasteiger partial charge in [0.05, 0.1) is 0 Å². The highest BCUT2D eigenvalue weighted by Gasteiger charge is 2.02. The lowest BCUT2D eigenvalue weighted by molar-refractivity contribution is -0.366. The molecule has 0 saturated heterocycles. The molecule has 0 bridgehead atoms. The molecule has 0 amide bonds. The molecule has 0 fully saturated rings. The van der Waals surface area contributed by atoms with E-state index in [0.717, 1.165) is 11.1 Å². The molecule has 108 valence electrons. The Hall–Kier alpha value is -3.07. The van der Waals surface area contributed by atoms with E-state index in [4.69, 9.17) is 20.8 Å². The quantitative estimate of drug-likeness (QED) is 0.482. The first-order valence-corrected chi connectivity index (χ1v) is 6.09. The summed E-state index contributed by atoms with van der Waals surface area (Å²) < 4.78 is 9.89. The predicted octanol–water partition coefficient (Wildman–Crippen LogP) is 2.49. The molecule has 0 saturated carbocycles. The van der Waals surface area contributed by atoms with E-state index in [1.807, 2.05) is 36.4 Å². The normalized spacial score (nSPS) is 9.32. The Morgan fingerprint density at radius 1 is 0.773 bits per heavy atom. The van der Waals surface area contributed by atoms with Crippen LogP contribution in [0.3, 0.4) is 0 Å². The molecule has 0 aliphatic heterocycles. The van der Waals surface area contributed by atoms with Crippen LogP contribution in [-0.2, 0) is 0 Å². The SMILES string of the molecule is N#[N+]c1ccc(/C=C/c2ccc([N+]#N)cc2)cc1.[O-]B([O-])F. The van der Waals surface area contributed by atoms with Crippen LogP contribution in [0.4, 0.5) is 15.7 Å². The van der Waals surface area contributed by atoms with Crippen LogP contribution in [0, 0.1) is 10.8 Å². The van der Waals surface area contributed by atoms with Gasteiger partial charge in [-0.15, -0.1) is 0 Å². The fourth-order valence-electron chi connectivity index (χ4n) is 1.50. The molecule has 22 heavy (non-hydrogen) atoms. The summed E-state index contributed by atoms with van der Waals surface area (Å²) in [5.74, 6) is 0. The lowest BCUT2D eigenvalue weighted by Gasteiger charge is -2.09. The van der Waals surface area contributed by atoms with E-state index in [-0.39, 0.29) is 0 Å². The van der Waals surface area contributed by atoms with Crippen LogP contribution in [-0.4, -0.2) is 7.40 Å². The average Bonchev–Trinajstić information content (AvgIpc) is 2.53. The predicted molar refractivity (Wildman–Crippen MR) is 78.2 cm³/mol. The van der Waals surface area contributed by atoms with Crippen molar-refractivity contribution in [2.24, 2.45) is 0 Å². The van der Waals surface area contributed by atoms with Crippen molar-refractivity contribution < 1.29 is 14.4 Å². The van der Waals surface area contributed by atoms with E-state index >= 15 is 0 Å². The van der Waals surface area contributed by atoms with E-state index < -0.39 is 7.40 Å². The molecule has 0 spiro atoms. The van der Waals surface area contributed by atoms with E-state index in [0.29, 0.717) is 11.4 Å². The lowest BCUT2D eigenvalue weighted by atomic mass is 10.1. The van der Waals surface area contributed by atoms with Crippen LogP contribution in [0.2, 0.25) is 0 Å². The monoisotopic (exact) mass is 296 g/mol.